The Hall–Kier alpha value is -0.530. The molecule has 0 atom stereocenters. The number of ketones is 1. The van der Waals surface area contributed by atoms with E-state index in [0.29, 0.717) is 22.2 Å². The fourth-order valence-electron chi connectivity index (χ4n) is 3.18. The zero-order chi connectivity index (χ0) is 14.5. The van der Waals surface area contributed by atoms with Crippen molar-refractivity contribution in [2.45, 2.75) is 51.9 Å². The molecule has 20 heavy (non-hydrogen) atoms. The molecule has 1 aromatic carbocycles. The smallest absolute Gasteiger partial charge is 0.140 e. The molecular formula is C17H22Cl2O. The van der Waals surface area contributed by atoms with Gasteiger partial charge >= 0.3 is 0 Å². The number of benzene rings is 1. The number of Topliss-reactive ketones (excluding diaryl/α,β-unsaturated/α-hetero) is 1. The summed E-state index contributed by atoms with van der Waals surface area (Å²) in [5.41, 5.74) is 0.900. The maximum atomic E-state index is 12.4. The summed E-state index contributed by atoms with van der Waals surface area (Å²) >= 11 is 12.0. The van der Waals surface area contributed by atoms with E-state index in [9.17, 15) is 4.79 Å². The molecule has 0 radical (unpaired) electrons. The standard InChI is InChI=1S/C17H22Cl2O/c1-2-3-12-4-6-13(7-5-12)17(20)10-14-8-9-15(18)11-16(14)19/h8-9,11-13H,2-7,10H2,1H3. The summed E-state index contributed by atoms with van der Waals surface area (Å²) in [6.07, 6.45) is 7.52. The average Bonchev–Trinajstić information content (AvgIpc) is 2.43. The van der Waals surface area contributed by atoms with Gasteiger partial charge in [-0.3, -0.25) is 4.79 Å². The summed E-state index contributed by atoms with van der Waals surface area (Å²) in [6.45, 7) is 2.24. The van der Waals surface area contributed by atoms with Gasteiger partial charge in [-0.15, -0.1) is 0 Å². The molecule has 0 aromatic heterocycles. The molecule has 3 heteroatoms. The van der Waals surface area contributed by atoms with Crippen molar-refractivity contribution < 1.29 is 4.79 Å². The van der Waals surface area contributed by atoms with E-state index in [-0.39, 0.29) is 5.92 Å². The summed E-state index contributed by atoms with van der Waals surface area (Å²) in [7, 11) is 0. The number of halogens is 2. The van der Waals surface area contributed by atoms with Gasteiger partial charge in [0.1, 0.15) is 5.78 Å². The van der Waals surface area contributed by atoms with Crippen molar-refractivity contribution in [1.82, 2.24) is 0 Å². The van der Waals surface area contributed by atoms with Crippen LogP contribution in [0.1, 0.15) is 51.0 Å². The quantitative estimate of drug-likeness (QED) is 0.680. The highest BCUT2D eigenvalue weighted by atomic mass is 35.5. The minimum Gasteiger partial charge on any atom is -0.299 e. The van der Waals surface area contributed by atoms with Crippen LogP contribution in [0.25, 0.3) is 0 Å². The van der Waals surface area contributed by atoms with Crippen LogP contribution in [0.5, 0.6) is 0 Å². The minimum atomic E-state index is 0.231. The van der Waals surface area contributed by atoms with Gasteiger partial charge < -0.3 is 0 Å². The summed E-state index contributed by atoms with van der Waals surface area (Å²) < 4.78 is 0. The molecule has 2 rings (SSSR count). The van der Waals surface area contributed by atoms with Crippen LogP contribution in [-0.4, -0.2) is 5.78 Å². The van der Waals surface area contributed by atoms with Crippen molar-refractivity contribution in [1.29, 1.82) is 0 Å². The third kappa shape index (κ3) is 4.23. The van der Waals surface area contributed by atoms with Crippen LogP contribution < -0.4 is 0 Å². The summed E-state index contributed by atoms with van der Waals surface area (Å²) in [5, 5.41) is 1.22. The van der Waals surface area contributed by atoms with Crippen molar-refractivity contribution in [3.63, 3.8) is 0 Å². The Balaban J connectivity index is 1.89. The molecule has 0 saturated heterocycles. The molecular weight excluding hydrogens is 291 g/mol. The molecule has 0 N–H and O–H groups in total. The van der Waals surface area contributed by atoms with E-state index in [4.69, 9.17) is 23.2 Å². The summed E-state index contributed by atoms with van der Waals surface area (Å²) in [6, 6.07) is 5.38. The molecule has 0 spiro atoms. The monoisotopic (exact) mass is 312 g/mol. The Morgan fingerprint density at radius 1 is 1.20 bits per heavy atom. The largest absolute Gasteiger partial charge is 0.299 e. The van der Waals surface area contributed by atoms with Crippen molar-refractivity contribution in [2.75, 3.05) is 0 Å². The summed E-state index contributed by atoms with van der Waals surface area (Å²) in [4.78, 5) is 12.4. The van der Waals surface area contributed by atoms with Gasteiger partial charge in [0.05, 0.1) is 0 Å². The first-order chi connectivity index (χ1) is 9.60. The van der Waals surface area contributed by atoms with Gasteiger partial charge in [0, 0.05) is 22.4 Å². The Bertz CT molecular complexity index is 462. The summed E-state index contributed by atoms with van der Waals surface area (Å²) in [5.74, 6) is 1.40. The van der Waals surface area contributed by atoms with Crippen LogP contribution in [0.15, 0.2) is 18.2 Å². The Morgan fingerprint density at radius 3 is 2.50 bits per heavy atom. The van der Waals surface area contributed by atoms with E-state index in [1.807, 2.05) is 6.07 Å². The Kier molecular flexibility index (Phi) is 5.92. The van der Waals surface area contributed by atoms with Crippen LogP contribution in [0, 0.1) is 11.8 Å². The normalized spacial score (nSPS) is 22.8. The van der Waals surface area contributed by atoms with Crippen molar-refractivity contribution in [3.8, 4) is 0 Å². The molecule has 1 fully saturated rings. The van der Waals surface area contributed by atoms with Gasteiger partial charge in [-0.2, -0.15) is 0 Å². The highest BCUT2D eigenvalue weighted by molar-refractivity contribution is 6.35. The topological polar surface area (TPSA) is 17.1 Å². The molecule has 0 heterocycles. The third-order valence-electron chi connectivity index (χ3n) is 4.38. The molecule has 0 amide bonds. The van der Waals surface area contributed by atoms with Crippen LogP contribution in [0.4, 0.5) is 0 Å². The number of hydrogen-bond donors (Lipinski definition) is 0. The second kappa shape index (κ2) is 7.47. The lowest BCUT2D eigenvalue weighted by atomic mass is 9.77. The molecule has 0 unspecified atom stereocenters. The van der Waals surface area contributed by atoms with Crippen LogP contribution in [-0.2, 0) is 11.2 Å². The molecule has 1 aliphatic carbocycles. The van der Waals surface area contributed by atoms with E-state index in [0.717, 1.165) is 24.3 Å². The molecule has 0 bridgehead atoms. The van der Waals surface area contributed by atoms with E-state index < -0.39 is 0 Å². The fourth-order valence-corrected chi connectivity index (χ4v) is 3.65. The second-order valence-electron chi connectivity index (χ2n) is 5.89. The van der Waals surface area contributed by atoms with Crippen LogP contribution in [0.2, 0.25) is 10.0 Å². The number of hydrogen-bond acceptors (Lipinski definition) is 1. The van der Waals surface area contributed by atoms with Gasteiger partial charge in [0.2, 0.25) is 0 Å². The zero-order valence-corrected chi connectivity index (χ0v) is 13.5. The predicted molar refractivity (Wildman–Crippen MR) is 85.5 cm³/mol. The first kappa shape index (κ1) is 15.9. The lowest BCUT2D eigenvalue weighted by molar-refractivity contribution is -0.123. The maximum absolute atomic E-state index is 12.4. The first-order valence-corrected chi connectivity index (χ1v) is 8.32. The van der Waals surface area contributed by atoms with E-state index in [1.54, 1.807) is 12.1 Å². The van der Waals surface area contributed by atoms with Gasteiger partial charge in [0.15, 0.2) is 0 Å². The predicted octanol–water partition coefficient (Wildman–Crippen LogP) is 5.71. The number of carbonyl (C=O) groups is 1. The third-order valence-corrected chi connectivity index (χ3v) is 4.97. The fraction of sp³-hybridized carbons (Fsp3) is 0.588. The lowest BCUT2D eigenvalue weighted by Gasteiger charge is -2.27. The second-order valence-corrected chi connectivity index (χ2v) is 6.73. The van der Waals surface area contributed by atoms with Gasteiger partial charge in [-0.05, 0) is 49.3 Å². The molecule has 1 aliphatic rings. The molecule has 110 valence electrons. The van der Waals surface area contributed by atoms with Gasteiger partial charge in [0.25, 0.3) is 0 Å². The van der Waals surface area contributed by atoms with Crippen LogP contribution >= 0.6 is 23.2 Å². The van der Waals surface area contributed by atoms with Crippen LogP contribution in [0.3, 0.4) is 0 Å². The highest BCUT2D eigenvalue weighted by Crippen LogP contribution is 2.33. The average molecular weight is 313 g/mol. The highest BCUT2D eigenvalue weighted by Gasteiger charge is 2.26. The zero-order valence-electron chi connectivity index (χ0n) is 12.0. The molecule has 0 aliphatic heterocycles. The lowest BCUT2D eigenvalue weighted by Crippen LogP contribution is -2.23. The number of rotatable bonds is 5. The molecule has 1 nitrogen and oxygen atoms in total. The van der Waals surface area contributed by atoms with Crippen molar-refractivity contribution >= 4 is 29.0 Å². The molecule has 1 aromatic rings. The molecule has 1 saturated carbocycles. The van der Waals surface area contributed by atoms with E-state index in [2.05, 4.69) is 6.92 Å². The SMILES string of the molecule is CCCC1CCC(C(=O)Cc2ccc(Cl)cc2Cl)CC1. The van der Waals surface area contributed by atoms with E-state index in [1.165, 1.54) is 25.7 Å². The Morgan fingerprint density at radius 2 is 1.90 bits per heavy atom. The first-order valence-electron chi connectivity index (χ1n) is 7.56. The Labute approximate surface area is 131 Å². The number of carbonyl (C=O) groups excluding carboxylic acids is 1. The van der Waals surface area contributed by atoms with E-state index >= 15 is 0 Å². The van der Waals surface area contributed by atoms with Gasteiger partial charge in [-0.1, -0.05) is 49.0 Å². The van der Waals surface area contributed by atoms with Crippen molar-refractivity contribution in [2.24, 2.45) is 11.8 Å². The maximum Gasteiger partial charge on any atom is 0.140 e. The van der Waals surface area contributed by atoms with Gasteiger partial charge in [-0.25, -0.2) is 0 Å². The van der Waals surface area contributed by atoms with Crippen molar-refractivity contribution in [3.05, 3.63) is 33.8 Å². The minimum absolute atomic E-state index is 0.231.